The van der Waals surface area contributed by atoms with Gasteiger partial charge in [0.25, 0.3) is 0 Å². The van der Waals surface area contributed by atoms with Crippen LogP contribution in [0.25, 0.3) is 0 Å². The van der Waals surface area contributed by atoms with Gasteiger partial charge in [-0.3, -0.25) is 4.90 Å². The second kappa shape index (κ2) is 6.55. The van der Waals surface area contributed by atoms with E-state index < -0.39 is 0 Å². The van der Waals surface area contributed by atoms with Gasteiger partial charge in [0, 0.05) is 25.2 Å². The maximum atomic E-state index is 5.87. The molecule has 3 nitrogen and oxygen atoms in total. The molecule has 0 aromatic heterocycles. The summed E-state index contributed by atoms with van der Waals surface area (Å²) in [5, 5.41) is 3.75. The Balaban J connectivity index is 1.97. The van der Waals surface area contributed by atoms with Crippen molar-refractivity contribution in [1.29, 1.82) is 0 Å². The molecule has 2 heterocycles. The van der Waals surface area contributed by atoms with E-state index in [1.54, 1.807) is 0 Å². The summed E-state index contributed by atoms with van der Waals surface area (Å²) in [6.45, 7) is 13.7. The topological polar surface area (TPSA) is 24.5 Å². The average Bonchev–Trinajstić information content (AvgIpc) is 2.62. The molecular weight excluding hydrogens is 236 g/mol. The summed E-state index contributed by atoms with van der Waals surface area (Å²) in [4.78, 5) is 2.74. The summed E-state index contributed by atoms with van der Waals surface area (Å²) in [5.74, 6) is 0.772. The lowest BCUT2D eigenvalue weighted by molar-refractivity contribution is -0.0837. The lowest BCUT2D eigenvalue weighted by atomic mass is 9.91. The predicted molar refractivity (Wildman–Crippen MR) is 80.5 cm³/mol. The highest BCUT2D eigenvalue weighted by Gasteiger charge is 2.34. The van der Waals surface area contributed by atoms with E-state index in [1.807, 2.05) is 0 Å². The molecule has 0 spiro atoms. The summed E-state index contributed by atoms with van der Waals surface area (Å²) >= 11 is 0. The molecule has 2 aliphatic heterocycles. The Morgan fingerprint density at radius 3 is 2.89 bits per heavy atom. The molecule has 3 atom stereocenters. The van der Waals surface area contributed by atoms with Crippen LogP contribution in [0.4, 0.5) is 0 Å². The smallest absolute Gasteiger partial charge is 0.0641 e. The van der Waals surface area contributed by atoms with Crippen molar-refractivity contribution >= 4 is 0 Å². The van der Waals surface area contributed by atoms with Gasteiger partial charge in [-0.1, -0.05) is 20.3 Å². The molecule has 0 aliphatic carbocycles. The number of rotatable bonds is 3. The number of hydrogen-bond acceptors (Lipinski definition) is 3. The number of ether oxygens (including phenoxy) is 1. The van der Waals surface area contributed by atoms with Gasteiger partial charge >= 0.3 is 0 Å². The fourth-order valence-corrected chi connectivity index (χ4v) is 3.49. The van der Waals surface area contributed by atoms with Gasteiger partial charge in [-0.15, -0.1) is 0 Å². The Bertz CT molecular complexity index is 280. The van der Waals surface area contributed by atoms with Gasteiger partial charge in [-0.25, -0.2) is 0 Å². The molecule has 2 aliphatic rings. The van der Waals surface area contributed by atoms with E-state index in [4.69, 9.17) is 4.74 Å². The molecule has 2 fully saturated rings. The Hall–Kier alpha value is -0.120. The highest BCUT2D eigenvalue weighted by Crippen LogP contribution is 2.28. The van der Waals surface area contributed by atoms with Crippen molar-refractivity contribution in [2.75, 3.05) is 26.2 Å². The first-order valence-corrected chi connectivity index (χ1v) is 8.13. The third-order valence-electron chi connectivity index (χ3n) is 4.98. The zero-order valence-corrected chi connectivity index (χ0v) is 13.2. The van der Waals surface area contributed by atoms with Crippen molar-refractivity contribution < 1.29 is 4.74 Å². The van der Waals surface area contributed by atoms with Crippen LogP contribution in [-0.2, 0) is 4.74 Å². The van der Waals surface area contributed by atoms with Crippen LogP contribution in [0.2, 0.25) is 0 Å². The molecular formula is C16H32N2O. The first-order chi connectivity index (χ1) is 9.02. The molecule has 0 saturated carbocycles. The third-order valence-corrected chi connectivity index (χ3v) is 4.98. The van der Waals surface area contributed by atoms with Crippen LogP contribution in [0.15, 0.2) is 0 Å². The molecule has 0 amide bonds. The SMILES string of the molecule is CCC(C)C1CN(C2CCOC(C)(C)C2)CCCN1. The van der Waals surface area contributed by atoms with Crippen molar-refractivity contribution in [3.05, 3.63) is 0 Å². The molecule has 1 N–H and O–H groups in total. The normalized spacial score (nSPS) is 34.7. The first-order valence-electron chi connectivity index (χ1n) is 8.13. The van der Waals surface area contributed by atoms with E-state index in [1.165, 1.54) is 45.3 Å². The average molecular weight is 268 g/mol. The molecule has 3 heteroatoms. The number of nitrogens with one attached hydrogen (secondary N) is 1. The first kappa shape index (κ1) is 15.3. The lowest BCUT2D eigenvalue weighted by Crippen LogP contribution is -2.50. The van der Waals surface area contributed by atoms with Gasteiger partial charge in [-0.2, -0.15) is 0 Å². The second-order valence-corrected chi connectivity index (χ2v) is 7.05. The van der Waals surface area contributed by atoms with Crippen molar-refractivity contribution in [3.63, 3.8) is 0 Å². The zero-order chi connectivity index (χ0) is 13.9. The maximum Gasteiger partial charge on any atom is 0.0641 e. The Kier molecular flexibility index (Phi) is 5.27. The lowest BCUT2D eigenvalue weighted by Gasteiger charge is -2.42. The molecule has 2 saturated heterocycles. The minimum Gasteiger partial charge on any atom is -0.375 e. The summed E-state index contributed by atoms with van der Waals surface area (Å²) < 4.78 is 5.87. The molecule has 19 heavy (non-hydrogen) atoms. The van der Waals surface area contributed by atoms with Crippen LogP contribution in [0.1, 0.15) is 53.4 Å². The van der Waals surface area contributed by atoms with Crippen LogP contribution < -0.4 is 5.32 Å². The third kappa shape index (κ3) is 4.17. The van der Waals surface area contributed by atoms with E-state index in [9.17, 15) is 0 Å². The zero-order valence-electron chi connectivity index (χ0n) is 13.2. The van der Waals surface area contributed by atoms with Gasteiger partial charge in [0.2, 0.25) is 0 Å². The Labute approximate surface area is 119 Å². The van der Waals surface area contributed by atoms with Gasteiger partial charge in [-0.05, 0) is 52.1 Å². The standard InChI is InChI=1S/C16H32N2O/c1-5-13(2)15-12-18(9-6-8-17-15)14-7-10-19-16(3,4)11-14/h13-15,17H,5-12H2,1-4H3. The second-order valence-electron chi connectivity index (χ2n) is 7.05. The Morgan fingerprint density at radius 2 is 2.21 bits per heavy atom. The molecule has 112 valence electrons. The van der Waals surface area contributed by atoms with Crippen molar-refractivity contribution in [1.82, 2.24) is 10.2 Å². The molecule has 0 bridgehead atoms. The molecule has 3 unspecified atom stereocenters. The summed E-state index contributed by atoms with van der Waals surface area (Å²) in [6.07, 6.45) is 4.94. The van der Waals surface area contributed by atoms with Gasteiger partial charge < -0.3 is 10.1 Å². The van der Waals surface area contributed by atoms with E-state index in [-0.39, 0.29) is 5.60 Å². The molecule has 0 aromatic carbocycles. The van der Waals surface area contributed by atoms with Crippen molar-refractivity contribution in [2.24, 2.45) is 5.92 Å². The van der Waals surface area contributed by atoms with Crippen LogP contribution in [0, 0.1) is 5.92 Å². The van der Waals surface area contributed by atoms with Crippen LogP contribution in [-0.4, -0.2) is 48.8 Å². The monoisotopic (exact) mass is 268 g/mol. The van der Waals surface area contributed by atoms with E-state index in [0.717, 1.165) is 18.6 Å². The maximum absolute atomic E-state index is 5.87. The quantitative estimate of drug-likeness (QED) is 0.851. The Morgan fingerprint density at radius 1 is 1.42 bits per heavy atom. The van der Waals surface area contributed by atoms with Crippen LogP contribution in [0.3, 0.4) is 0 Å². The number of nitrogens with zero attached hydrogens (tertiary/aromatic N) is 1. The van der Waals surface area contributed by atoms with E-state index in [0.29, 0.717) is 6.04 Å². The number of hydrogen-bond donors (Lipinski definition) is 1. The highest BCUT2D eigenvalue weighted by atomic mass is 16.5. The summed E-state index contributed by atoms with van der Waals surface area (Å²) in [7, 11) is 0. The van der Waals surface area contributed by atoms with E-state index >= 15 is 0 Å². The molecule has 0 aromatic rings. The van der Waals surface area contributed by atoms with Gasteiger partial charge in [0.15, 0.2) is 0 Å². The highest BCUT2D eigenvalue weighted by molar-refractivity contribution is 4.89. The molecule has 2 rings (SSSR count). The predicted octanol–water partition coefficient (Wildman–Crippen LogP) is 2.65. The minimum absolute atomic E-state index is 0.0640. The van der Waals surface area contributed by atoms with Crippen molar-refractivity contribution in [3.8, 4) is 0 Å². The fraction of sp³-hybridized carbons (Fsp3) is 1.00. The van der Waals surface area contributed by atoms with Gasteiger partial charge in [0.05, 0.1) is 5.60 Å². The van der Waals surface area contributed by atoms with Gasteiger partial charge in [0.1, 0.15) is 0 Å². The van der Waals surface area contributed by atoms with Crippen molar-refractivity contribution in [2.45, 2.75) is 71.1 Å². The van der Waals surface area contributed by atoms with E-state index in [2.05, 4.69) is 37.9 Å². The summed E-state index contributed by atoms with van der Waals surface area (Å²) in [5.41, 5.74) is 0.0640. The fourth-order valence-electron chi connectivity index (χ4n) is 3.49. The molecule has 0 radical (unpaired) electrons. The largest absolute Gasteiger partial charge is 0.375 e. The summed E-state index contributed by atoms with van der Waals surface area (Å²) in [6, 6.07) is 1.38. The minimum atomic E-state index is 0.0640. The van der Waals surface area contributed by atoms with Crippen LogP contribution >= 0.6 is 0 Å². The van der Waals surface area contributed by atoms with Crippen LogP contribution in [0.5, 0.6) is 0 Å².